The van der Waals surface area contributed by atoms with Crippen molar-refractivity contribution in [3.8, 4) is 0 Å². The molecule has 1 aliphatic heterocycles. The van der Waals surface area contributed by atoms with Gasteiger partial charge in [0.05, 0.1) is 35.1 Å². The maximum absolute atomic E-state index is 14.1. The number of benzene rings is 2. The van der Waals surface area contributed by atoms with Crippen molar-refractivity contribution in [3.05, 3.63) is 104 Å². The van der Waals surface area contributed by atoms with Crippen LogP contribution in [0.2, 0.25) is 0 Å². The Labute approximate surface area is 250 Å². The number of aromatic amines is 1. The highest BCUT2D eigenvalue weighted by molar-refractivity contribution is 6.07. The maximum Gasteiger partial charge on any atom is 0.330 e. The predicted molar refractivity (Wildman–Crippen MR) is 155 cm³/mol. The molecule has 0 aliphatic carbocycles. The summed E-state index contributed by atoms with van der Waals surface area (Å²) < 4.78 is 20.7. The monoisotopic (exact) mass is 609 g/mol. The average Bonchev–Trinajstić information content (AvgIpc) is 3.58. The molecule has 3 aromatic rings. The zero-order valence-corrected chi connectivity index (χ0v) is 23.6. The van der Waals surface area contributed by atoms with Crippen LogP contribution in [0.25, 0.3) is 0 Å². The summed E-state index contributed by atoms with van der Waals surface area (Å²) in [6.45, 7) is 0.971. The quantitative estimate of drug-likeness (QED) is 0.0835. The number of H-pyrrole nitrogens is 1. The van der Waals surface area contributed by atoms with Crippen molar-refractivity contribution in [1.82, 2.24) is 30.5 Å². The second-order valence-electron chi connectivity index (χ2n) is 9.83. The summed E-state index contributed by atoms with van der Waals surface area (Å²) in [7, 11) is 0. The van der Waals surface area contributed by atoms with E-state index >= 15 is 0 Å². The van der Waals surface area contributed by atoms with Crippen LogP contribution in [-0.4, -0.2) is 70.9 Å². The molecule has 232 valence electrons. The van der Waals surface area contributed by atoms with Crippen LogP contribution in [-0.2, 0) is 4.74 Å². The van der Waals surface area contributed by atoms with Crippen molar-refractivity contribution in [2.75, 3.05) is 32.8 Å². The lowest BCUT2D eigenvalue weighted by Crippen LogP contribution is -2.38. The molecule has 4 rings (SSSR count). The molecule has 15 heteroatoms. The van der Waals surface area contributed by atoms with Gasteiger partial charge >= 0.3 is 5.69 Å². The smallest absolute Gasteiger partial charge is 0.330 e. The highest BCUT2D eigenvalue weighted by Crippen LogP contribution is 2.17. The van der Waals surface area contributed by atoms with Crippen LogP contribution in [0.4, 0.5) is 4.39 Å². The molecule has 1 atom stereocenters. The van der Waals surface area contributed by atoms with Crippen LogP contribution in [0.5, 0.6) is 0 Å². The first-order valence-electron chi connectivity index (χ1n) is 13.9. The van der Waals surface area contributed by atoms with Crippen molar-refractivity contribution in [3.63, 3.8) is 0 Å². The van der Waals surface area contributed by atoms with Gasteiger partial charge in [-0.1, -0.05) is 24.3 Å². The fourth-order valence-electron chi connectivity index (χ4n) is 4.75. The molecule has 0 radical (unpaired) electrons. The normalized spacial score (nSPS) is 13.3. The van der Waals surface area contributed by atoms with E-state index in [9.17, 15) is 33.2 Å². The van der Waals surface area contributed by atoms with E-state index in [1.54, 1.807) is 41.3 Å². The predicted octanol–water partition coefficient (Wildman–Crippen LogP) is 0.281. The van der Waals surface area contributed by atoms with E-state index in [1.807, 2.05) is 10.4 Å². The first-order valence-corrected chi connectivity index (χ1v) is 13.9. The lowest BCUT2D eigenvalue weighted by Gasteiger charge is -2.21. The van der Waals surface area contributed by atoms with Crippen LogP contribution < -0.4 is 33.2 Å². The molecule has 6 N–H and O–H groups in total. The van der Waals surface area contributed by atoms with Gasteiger partial charge < -0.3 is 20.3 Å². The Morgan fingerprint density at radius 3 is 2.02 bits per heavy atom. The maximum atomic E-state index is 14.1. The number of halogens is 1. The molecule has 44 heavy (non-hydrogen) atoms. The fourth-order valence-corrected chi connectivity index (χ4v) is 4.75. The Hall–Kier alpha value is -5.15. The second kappa shape index (κ2) is 14.8. The van der Waals surface area contributed by atoms with Crippen LogP contribution in [0.3, 0.4) is 0 Å². The standard InChI is InChI=1S/C29H32FN7O7/c30-22-17-37(29(43)34-27(22)41)23(11-12-32-24(38)18-7-1-2-8-19(18)26(40)35-31)44-16-13-33-25(39)20-9-3-4-10-21(20)28(42)36-14-5-6-15-36/h1-4,7-10,17,23H,5-6,11-16,31H2,(H,32,38)(H,33,39)(H,35,40)(H,34,41,43). The Morgan fingerprint density at radius 2 is 1.41 bits per heavy atom. The summed E-state index contributed by atoms with van der Waals surface area (Å²) in [5, 5.41) is 5.28. The van der Waals surface area contributed by atoms with Gasteiger partial charge in [-0.15, -0.1) is 0 Å². The summed E-state index contributed by atoms with van der Waals surface area (Å²) in [5.41, 5.74) is 0.380. The Bertz CT molecular complexity index is 1650. The number of nitrogens with two attached hydrogens (primary N) is 1. The van der Waals surface area contributed by atoms with Gasteiger partial charge in [0.1, 0.15) is 6.23 Å². The van der Waals surface area contributed by atoms with Crippen molar-refractivity contribution in [1.29, 1.82) is 0 Å². The number of aromatic nitrogens is 2. The Balaban J connectivity index is 1.40. The van der Waals surface area contributed by atoms with Gasteiger partial charge in [0.2, 0.25) is 5.82 Å². The van der Waals surface area contributed by atoms with Gasteiger partial charge in [-0.2, -0.15) is 4.39 Å². The van der Waals surface area contributed by atoms with Crippen LogP contribution in [0.15, 0.2) is 64.3 Å². The van der Waals surface area contributed by atoms with Crippen LogP contribution in [0, 0.1) is 5.82 Å². The molecule has 0 bridgehead atoms. The van der Waals surface area contributed by atoms with E-state index < -0.39 is 41.0 Å². The lowest BCUT2D eigenvalue weighted by atomic mass is 10.1. The first-order chi connectivity index (χ1) is 21.2. The van der Waals surface area contributed by atoms with Crippen LogP contribution >= 0.6 is 0 Å². The number of nitrogens with zero attached hydrogens (tertiary/aromatic N) is 2. The van der Waals surface area contributed by atoms with Crippen molar-refractivity contribution < 1.29 is 28.3 Å². The Kier molecular flexibility index (Phi) is 10.7. The van der Waals surface area contributed by atoms with E-state index in [2.05, 4.69) is 10.6 Å². The zero-order valence-electron chi connectivity index (χ0n) is 23.6. The average molecular weight is 610 g/mol. The first kappa shape index (κ1) is 31.8. The molecule has 2 heterocycles. The summed E-state index contributed by atoms with van der Waals surface area (Å²) >= 11 is 0. The highest BCUT2D eigenvalue weighted by Gasteiger charge is 2.24. The lowest BCUT2D eigenvalue weighted by molar-refractivity contribution is -0.00488. The topological polar surface area (TPSA) is 198 Å². The molecule has 4 amide bonds. The van der Waals surface area contributed by atoms with Gasteiger partial charge in [0.25, 0.3) is 29.2 Å². The minimum Gasteiger partial charge on any atom is -0.356 e. The number of hydrogen-bond acceptors (Lipinski definition) is 8. The minimum atomic E-state index is -1.23. The minimum absolute atomic E-state index is 0.0404. The molecular weight excluding hydrogens is 577 g/mol. The van der Waals surface area contributed by atoms with Crippen molar-refractivity contribution in [2.24, 2.45) is 5.84 Å². The number of rotatable bonds is 12. The van der Waals surface area contributed by atoms with E-state index in [-0.39, 0.29) is 54.3 Å². The number of amides is 4. The highest BCUT2D eigenvalue weighted by atomic mass is 19.1. The van der Waals surface area contributed by atoms with Crippen LogP contribution in [0.1, 0.15) is 66.9 Å². The second-order valence-corrected chi connectivity index (χ2v) is 9.83. The largest absolute Gasteiger partial charge is 0.356 e. The third-order valence-corrected chi connectivity index (χ3v) is 6.95. The molecule has 1 unspecified atom stereocenters. The SMILES string of the molecule is NNC(=O)c1ccccc1C(=O)NCCC(OCCNC(=O)c1ccccc1C(=O)N1CCCC1)n1cc(F)c(=O)[nH]c1=O. The van der Waals surface area contributed by atoms with E-state index in [1.165, 1.54) is 12.1 Å². The number of carbonyl (C=O) groups excluding carboxylic acids is 4. The van der Waals surface area contributed by atoms with Gasteiger partial charge in [-0.3, -0.25) is 38.9 Å². The van der Waals surface area contributed by atoms with Gasteiger partial charge in [0, 0.05) is 32.6 Å². The zero-order chi connectivity index (χ0) is 31.6. The third kappa shape index (κ3) is 7.62. The molecule has 1 aromatic heterocycles. The number of likely N-dealkylation sites (tertiary alicyclic amines) is 1. The third-order valence-electron chi connectivity index (χ3n) is 6.95. The number of hydrogen-bond donors (Lipinski definition) is 5. The molecule has 0 saturated carbocycles. The molecule has 0 spiro atoms. The van der Waals surface area contributed by atoms with Crippen molar-refractivity contribution >= 4 is 23.6 Å². The number of carbonyl (C=O) groups is 4. The summed E-state index contributed by atoms with van der Waals surface area (Å²) in [6, 6.07) is 12.4. The van der Waals surface area contributed by atoms with Gasteiger partial charge in [-0.25, -0.2) is 10.6 Å². The fraction of sp³-hybridized carbons (Fsp3) is 0.310. The molecule has 1 aliphatic rings. The molecular formula is C29H32FN7O7. The van der Waals surface area contributed by atoms with Gasteiger partial charge in [0.15, 0.2) is 0 Å². The number of nitrogens with one attached hydrogen (secondary N) is 4. The number of nitrogen functional groups attached to an aromatic ring is 1. The van der Waals surface area contributed by atoms with E-state index in [0.717, 1.165) is 17.4 Å². The van der Waals surface area contributed by atoms with E-state index in [4.69, 9.17) is 10.6 Å². The number of ether oxygens (including phenoxy) is 1. The molecule has 1 saturated heterocycles. The van der Waals surface area contributed by atoms with Gasteiger partial charge in [-0.05, 0) is 37.1 Å². The number of hydrazine groups is 1. The Morgan fingerprint density at radius 1 is 0.864 bits per heavy atom. The summed E-state index contributed by atoms with van der Waals surface area (Å²) in [6.07, 6.45) is 1.27. The summed E-state index contributed by atoms with van der Waals surface area (Å²) in [4.78, 5) is 78.2. The summed E-state index contributed by atoms with van der Waals surface area (Å²) in [5.74, 6) is 1.95. The van der Waals surface area contributed by atoms with Crippen molar-refractivity contribution in [2.45, 2.75) is 25.5 Å². The molecule has 14 nitrogen and oxygen atoms in total. The molecule has 1 fully saturated rings. The van der Waals surface area contributed by atoms with E-state index in [0.29, 0.717) is 19.3 Å². The molecule has 2 aromatic carbocycles.